The molecule has 0 bridgehead atoms. The van der Waals surface area contributed by atoms with Gasteiger partial charge in [-0.1, -0.05) is 26.0 Å². The van der Waals surface area contributed by atoms with Crippen LogP contribution in [-0.2, 0) is 30.5 Å². The molecule has 0 saturated carbocycles. The largest absolute Gasteiger partial charge is 0.481 e. The van der Waals surface area contributed by atoms with Crippen molar-refractivity contribution in [2.45, 2.75) is 57.9 Å². The molecule has 0 aliphatic carbocycles. The zero-order chi connectivity index (χ0) is 25.3. The molecule has 4 N–H and O–H groups in total. The summed E-state index contributed by atoms with van der Waals surface area (Å²) < 4.78 is 19.1. The maximum Gasteiger partial charge on any atom is 0.313 e. The number of amides is 3. The Kier molecular flexibility index (Phi) is 10.8. The third-order valence-corrected chi connectivity index (χ3v) is 6.30. The fourth-order valence-corrected chi connectivity index (χ4v) is 4.34. The quantitative estimate of drug-likeness (QED) is 0.398. The minimum atomic E-state index is -1.03. The van der Waals surface area contributed by atoms with Gasteiger partial charge in [0, 0.05) is 13.0 Å². The first-order valence-corrected chi connectivity index (χ1v) is 12.3. The average molecular weight is 498 g/mol. The van der Waals surface area contributed by atoms with Crippen molar-refractivity contribution in [2.24, 2.45) is 11.7 Å². The van der Waals surface area contributed by atoms with E-state index in [0.29, 0.717) is 12.8 Å². The van der Waals surface area contributed by atoms with Gasteiger partial charge in [-0.05, 0) is 36.5 Å². The third kappa shape index (κ3) is 8.94. The minimum absolute atomic E-state index is 0.0809. The topological polar surface area (TPSA) is 139 Å². The normalized spacial score (nSPS) is 19.0. The van der Waals surface area contributed by atoms with E-state index < -0.39 is 29.9 Å². The predicted molar refractivity (Wildman–Crippen MR) is 125 cm³/mol. The third-order valence-electron chi connectivity index (χ3n) is 5.39. The van der Waals surface area contributed by atoms with Gasteiger partial charge in [0.15, 0.2) is 0 Å². The van der Waals surface area contributed by atoms with Crippen molar-refractivity contribution >= 4 is 35.5 Å². The Morgan fingerprint density at radius 1 is 1.24 bits per heavy atom. The van der Waals surface area contributed by atoms with Gasteiger partial charge in [-0.15, -0.1) is 11.8 Å². The number of primary amides is 1. The van der Waals surface area contributed by atoms with E-state index in [1.54, 1.807) is 12.1 Å². The Bertz CT molecular complexity index is 867. The number of benzene rings is 1. The van der Waals surface area contributed by atoms with Gasteiger partial charge in [-0.25, -0.2) is 4.39 Å². The number of nitrogens with one attached hydrogen (secondary N) is 1. The molecule has 0 radical (unpaired) electrons. The molecule has 188 valence electrons. The molecule has 1 aliphatic heterocycles. The number of carbonyl (C=O) groups excluding carboxylic acids is 3. The second kappa shape index (κ2) is 13.3. The number of carboxylic acid groups (broad SMARTS) is 1. The number of likely N-dealkylation sites (tertiary alicyclic amines) is 1. The van der Waals surface area contributed by atoms with Gasteiger partial charge in [-0.3, -0.25) is 19.2 Å². The monoisotopic (exact) mass is 497 g/mol. The summed E-state index contributed by atoms with van der Waals surface area (Å²) in [7, 11) is 0. The molecule has 3 atom stereocenters. The van der Waals surface area contributed by atoms with E-state index in [1.807, 2.05) is 13.8 Å². The molecule has 9 nitrogen and oxygen atoms in total. The first-order chi connectivity index (χ1) is 16.1. The van der Waals surface area contributed by atoms with Crippen molar-refractivity contribution in [1.29, 1.82) is 0 Å². The molecular formula is C23H32FN3O6S. The number of nitrogens with zero attached hydrogens (tertiary/aromatic N) is 1. The van der Waals surface area contributed by atoms with Crippen LogP contribution in [0, 0.1) is 11.7 Å². The fourth-order valence-electron chi connectivity index (χ4n) is 3.72. The second-order valence-electron chi connectivity index (χ2n) is 8.67. The molecular weight excluding hydrogens is 465 g/mol. The van der Waals surface area contributed by atoms with Crippen LogP contribution in [0.2, 0.25) is 0 Å². The number of hydrogen-bond donors (Lipinski definition) is 3. The van der Waals surface area contributed by atoms with Gasteiger partial charge in [0.2, 0.25) is 17.7 Å². The van der Waals surface area contributed by atoms with Crippen LogP contribution in [0.5, 0.6) is 0 Å². The maximum absolute atomic E-state index is 13.1. The van der Waals surface area contributed by atoms with E-state index in [1.165, 1.54) is 17.0 Å². The van der Waals surface area contributed by atoms with Crippen molar-refractivity contribution in [1.82, 2.24) is 10.2 Å². The highest BCUT2D eigenvalue weighted by molar-refractivity contribution is 8.00. The van der Waals surface area contributed by atoms with Crippen LogP contribution in [0.3, 0.4) is 0 Å². The molecule has 1 fully saturated rings. The lowest BCUT2D eigenvalue weighted by molar-refractivity contribution is -0.145. The van der Waals surface area contributed by atoms with E-state index in [4.69, 9.17) is 15.6 Å². The summed E-state index contributed by atoms with van der Waals surface area (Å²) in [5.41, 5.74) is 6.23. The number of hydrogen-bond acceptors (Lipinski definition) is 6. The Morgan fingerprint density at radius 2 is 1.91 bits per heavy atom. The standard InChI is InChI=1S/C23H32FN3O6S/c1-14(2)9-18(22(25)31)26-23(32)19-10-17(33-11-15-3-5-16(24)6-4-15)7-8-27(19)20(28)12-34-13-21(29)30/h3-6,14,17-19H,7-13H2,1-2H3,(H2,25,31)(H,26,32)(H,29,30). The van der Waals surface area contributed by atoms with Crippen molar-refractivity contribution in [2.75, 3.05) is 18.1 Å². The first kappa shape index (κ1) is 27.6. The fraction of sp³-hybridized carbons (Fsp3) is 0.565. The van der Waals surface area contributed by atoms with Crippen LogP contribution in [0.4, 0.5) is 4.39 Å². The number of rotatable bonds is 12. The number of nitrogens with two attached hydrogens (primary N) is 1. The number of ether oxygens (including phenoxy) is 1. The van der Waals surface area contributed by atoms with Gasteiger partial charge < -0.3 is 25.8 Å². The van der Waals surface area contributed by atoms with Crippen molar-refractivity contribution in [3.8, 4) is 0 Å². The molecule has 1 aromatic carbocycles. The molecule has 3 amide bonds. The average Bonchev–Trinajstić information content (AvgIpc) is 2.77. The lowest BCUT2D eigenvalue weighted by atomic mass is 9.97. The second-order valence-corrected chi connectivity index (χ2v) is 9.65. The Balaban J connectivity index is 2.09. The van der Waals surface area contributed by atoms with Crippen LogP contribution in [-0.4, -0.2) is 69.9 Å². The maximum atomic E-state index is 13.1. The molecule has 11 heteroatoms. The highest BCUT2D eigenvalue weighted by atomic mass is 32.2. The number of carboxylic acids is 1. The number of halogens is 1. The van der Waals surface area contributed by atoms with Crippen LogP contribution in [0.25, 0.3) is 0 Å². The molecule has 0 spiro atoms. The zero-order valence-corrected chi connectivity index (χ0v) is 20.2. The van der Waals surface area contributed by atoms with Gasteiger partial charge in [0.25, 0.3) is 0 Å². The smallest absolute Gasteiger partial charge is 0.313 e. The number of carbonyl (C=O) groups is 4. The molecule has 2 rings (SSSR count). The number of aliphatic carboxylic acids is 1. The van der Waals surface area contributed by atoms with E-state index in [0.717, 1.165) is 17.3 Å². The predicted octanol–water partition coefficient (Wildman–Crippen LogP) is 1.54. The van der Waals surface area contributed by atoms with Gasteiger partial charge >= 0.3 is 5.97 Å². The van der Waals surface area contributed by atoms with E-state index in [9.17, 15) is 23.6 Å². The minimum Gasteiger partial charge on any atom is -0.481 e. The van der Waals surface area contributed by atoms with E-state index in [-0.39, 0.29) is 54.8 Å². The number of piperidine rings is 1. The summed E-state index contributed by atoms with van der Waals surface area (Å²) in [5, 5.41) is 11.5. The van der Waals surface area contributed by atoms with Gasteiger partial charge in [0.05, 0.1) is 24.2 Å². The molecule has 34 heavy (non-hydrogen) atoms. The molecule has 1 saturated heterocycles. The van der Waals surface area contributed by atoms with Crippen LogP contribution < -0.4 is 11.1 Å². The lowest BCUT2D eigenvalue weighted by Gasteiger charge is -2.39. The Labute approximate surface area is 202 Å². The summed E-state index contributed by atoms with van der Waals surface area (Å²) in [5.74, 6) is -3.09. The summed E-state index contributed by atoms with van der Waals surface area (Å²) in [6, 6.07) is 4.14. The highest BCUT2D eigenvalue weighted by Crippen LogP contribution is 2.23. The van der Waals surface area contributed by atoms with Gasteiger partial charge in [-0.2, -0.15) is 0 Å². The highest BCUT2D eigenvalue weighted by Gasteiger charge is 2.37. The molecule has 1 aromatic rings. The van der Waals surface area contributed by atoms with Crippen molar-refractivity contribution in [3.05, 3.63) is 35.6 Å². The number of thioether (sulfide) groups is 1. The molecule has 1 aliphatic rings. The SMILES string of the molecule is CC(C)CC(NC(=O)C1CC(OCc2ccc(F)cc2)CCN1C(=O)CSCC(=O)O)C(N)=O. The summed E-state index contributed by atoms with van der Waals surface area (Å²) in [4.78, 5) is 49.9. The van der Waals surface area contributed by atoms with Gasteiger partial charge in [0.1, 0.15) is 17.9 Å². The first-order valence-electron chi connectivity index (χ1n) is 11.1. The molecule has 3 unspecified atom stereocenters. The molecule has 0 aromatic heterocycles. The lowest BCUT2D eigenvalue weighted by Crippen LogP contribution is -2.58. The van der Waals surface area contributed by atoms with Crippen LogP contribution in [0.1, 0.15) is 38.7 Å². The Hall–Kier alpha value is -2.66. The van der Waals surface area contributed by atoms with Crippen LogP contribution >= 0.6 is 11.8 Å². The summed E-state index contributed by atoms with van der Waals surface area (Å²) >= 11 is 0.955. The molecule has 1 heterocycles. The summed E-state index contributed by atoms with van der Waals surface area (Å²) in [6.45, 7) is 4.26. The van der Waals surface area contributed by atoms with Crippen molar-refractivity contribution < 1.29 is 33.4 Å². The van der Waals surface area contributed by atoms with Crippen molar-refractivity contribution in [3.63, 3.8) is 0 Å². The van der Waals surface area contributed by atoms with E-state index in [2.05, 4.69) is 5.32 Å². The van der Waals surface area contributed by atoms with Crippen LogP contribution in [0.15, 0.2) is 24.3 Å². The zero-order valence-electron chi connectivity index (χ0n) is 19.4. The van der Waals surface area contributed by atoms with E-state index >= 15 is 0 Å². The Morgan fingerprint density at radius 3 is 2.50 bits per heavy atom. The summed E-state index contributed by atoms with van der Waals surface area (Å²) in [6.07, 6.45) is 0.704.